The molecule has 2 aromatic rings. The fourth-order valence-corrected chi connectivity index (χ4v) is 1.77. The van der Waals surface area contributed by atoms with E-state index in [1.165, 1.54) is 0 Å². The molecule has 0 aromatic heterocycles. The van der Waals surface area contributed by atoms with E-state index >= 15 is 0 Å². The van der Waals surface area contributed by atoms with E-state index in [2.05, 4.69) is 0 Å². The first-order chi connectivity index (χ1) is 9.06. The average Bonchev–Trinajstić information content (AvgIpc) is 2.39. The first-order valence-electron chi connectivity index (χ1n) is 5.81. The predicted octanol–water partition coefficient (Wildman–Crippen LogP) is 3.63. The standard InChI is InChI=1S/C15H14ClNO2/c1-17(2)13-8-6-11(7-9-13)15(18)19-14-5-3-4-12(16)10-14/h3-10H,1-2H3. The summed E-state index contributed by atoms with van der Waals surface area (Å²) >= 11 is 5.83. The van der Waals surface area contributed by atoms with E-state index < -0.39 is 5.97 Å². The van der Waals surface area contributed by atoms with Crippen molar-refractivity contribution in [3.05, 3.63) is 59.1 Å². The van der Waals surface area contributed by atoms with Gasteiger partial charge in [0.2, 0.25) is 0 Å². The second-order valence-electron chi connectivity index (χ2n) is 4.29. The third-order valence-corrected chi connectivity index (χ3v) is 2.86. The van der Waals surface area contributed by atoms with Crippen molar-refractivity contribution >= 4 is 23.3 Å². The van der Waals surface area contributed by atoms with E-state index in [0.717, 1.165) is 5.69 Å². The molecule has 0 N–H and O–H groups in total. The monoisotopic (exact) mass is 275 g/mol. The molecule has 0 amide bonds. The number of benzene rings is 2. The summed E-state index contributed by atoms with van der Waals surface area (Å²) in [7, 11) is 3.89. The van der Waals surface area contributed by atoms with Gasteiger partial charge >= 0.3 is 5.97 Å². The summed E-state index contributed by atoms with van der Waals surface area (Å²) < 4.78 is 5.24. The highest BCUT2D eigenvalue weighted by Crippen LogP contribution is 2.19. The van der Waals surface area contributed by atoms with Crippen molar-refractivity contribution in [2.24, 2.45) is 0 Å². The van der Waals surface area contributed by atoms with Crippen LogP contribution in [0.5, 0.6) is 5.75 Å². The highest BCUT2D eigenvalue weighted by Gasteiger charge is 2.09. The van der Waals surface area contributed by atoms with Crippen molar-refractivity contribution in [2.45, 2.75) is 0 Å². The summed E-state index contributed by atoms with van der Waals surface area (Å²) in [4.78, 5) is 13.9. The first-order valence-corrected chi connectivity index (χ1v) is 6.19. The maximum atomic E-state index is 11.9. The zero-order valence-electron chi connectivity index (χ0n) is 10.8. The largest absolute Gasteiger partial charge is 0.423 e. The number of halogens is 1. The number of carbonyl (C=O) groups excluding carboxylic acids is 1. The molecule has 0 saturated carbocycles. The fraction of sp³-hybridized carbons (Fsp3) is 0.133. The van der Waals surface area contributed by atoms with Crippen LogP contribution in [0.3, 0.4) is 0 Å². The number of carbonyl (C=O) groups is 1. The highest BCUT2D eigenvalue weighted by atomic mass is 35.5. The van der Waals surface area contributed by atoms with Crippen LogP contribution in [0, 0.1) is 0 Å². The molecular formula is C15H14ClNO2. The van der Waals surface area contributed by atoms with Crippen LogP contribution >= 0.6 is 11.6 Å². The highest BCUT2D eigenvalue weighted by molar-refractivity contribution is 6.30. The van der Waals surface area contributed by atoms with Gasteiger partial charge in [-0.15, -0.1) is 0 Å². The average molecular weight is 276 g/mol. The normalized spacial score (nSPS) is 10.1. The Kier molecular flexibility index (Phi) is 4.07. The molecule has 0 aliphatic rings. The van der Waals surface area contributed by atoms with Gasteiger partial charge in [0.05, 0.1) is 5.56 Å². The molecule has 0 unspecified atom stereocenters. The Labute approximate surface area is 117 Å². The first kappa shape index (κ1) is 13.4. The summed E-state index contributed by atoms with van der Waals surface area (Å²) in [6.07, 6.45) is 0. The minimum absolute atomic E-state index is 0.396. The Morgan fingerprint density at radius 1 is 1.11 bits per heavy atom. The Morgan fingerprint density at radius 3 is 2.37 bits per heavy atom. The molecule has 0 atom stereocenters. The van der Waals surface area contributed by atoms with E-state index in [1.807, 2.05) is 31.1 Å². The van der Waals surface area contributed by atoms with Gasteiger partial charge < -0.3 is 9.64 Å². The van der Waals surface area contributed by atoms with Crippen molar-refractivity contribution in [3.8, 4) is 5.75 Å². The molecule has 0 aliphatic carbocycles. The van der Waals surface area contributed by atoms with Crippen LogP contribution in [0.15, 0.2) is 48.5 Å². The van der Waals surface area contributed by atoms with Crippen LogP contribution in [0.25, 0.3) is 0 Å². The number of esters is 1. The van der Waals surface area contributed by atoms with E-state index in [4.69, 9.17) is 16.3 Å². The molecule has 0 heterocycles. The molecular weight excluding hydrogens is 262 g/mol. The van der Waals surface area contributed by atoms with Gasteiger partial charge in [0.15, 0.2) is 0 Å². The lowest BCUT2D eigenvalue weighted by atomic mass is 10.2. The van der Waals surface area contributed by atoms with Gasteiger partial charge in [0.1, 0.15) is 5.75 Å². The third-order valence-electron chi connectivity index (χ3n) is 2.63. The summed E-state index contributed by atoms with van der Waals surface area (Å²) in [5, 5.41) is 0.535. The lowest BCUT2D eigenvalue weighted by Crippen LogP contribution is -2.11. The second kappa shape index (κ2) is 5.76. The number of nitrogens with zero attached hydrogens (tertiary/aromatic N) is 1. The maximum Gasteiger partial charge on any atom is 0.343 e. The minimum atomic E-state index is -0.396. The maximum absolute atomic E-state index is 11.9. The molecule has 98 valence electrons. The number of hydrogen-bond donors (Lipinski definition) is 0. The van der Waals surface area contributed by atoms with Gasteiger partial charge in [-0.05, 0) is 42.5 Å². The molecule has 0 saturated heterocycles. The lowest BCUT2D eigenvalue weighted by molar-refractivity contribution is 0.0735. The number of ether oxygens (including phenoxy) is 1. The van der Waals surface area contributed by atoms with Crippen LogP contribution in [0.4, 0.5) is 5.69 Å². The smallest absolute Gasteiger partial charge is 0.343 e. The molecule has 0 aliphatic heterocycles. The van der Waals surface area contributed by atoms with Gasteiger partial charge in [-0.2, -0.15) is 0 Å². The minimum Gasteiger partial charge on any atom is -0.423 e. The molecule has 2 rings (SSSR count). The second-order valence-corrected chi connectivity index (χ2v) is 4.72. The summed E-state index contributed by atoms with van der Waals surface area (Å²) in [5.74, 6) is 0.0433. The van der Waals surface area contributed by atoms with Crippen LogP contribution in [0.2, 0.25) is 5.02 Å². The van der Waals surface area contributed by atoms with Crippen molar-refractivity contribution in [1.82, 2.24) is 0 Å². The Balaban J connectivity index is 2.11. The van der Waals surface area contributed by atoms with Gasteiger partial charge in [-0.1, -0.05) is 17.7 Å². The fourth-order valence-electron chi connectivity index (χ4n) is 1.59. The summed E-state index contributed by atoms with van der Waals surface area (Å²) in [5.41, 5.74) is 1.53. The quantitative estimate of drug-likeness (QED) is 0.633. The van der Waals surface area contributed by atoms with E-state index in [9.17, 15) is 4.79 Å². The van der Waals surface area contributed by atoms with Crippen molar-refractivity contribution in [2.75, 3.05) is 19.0 Å². The van der Waals surface area contributed by atoms with Crippen LogP contribution in [-0.4, -0.2) is 20.1 Å². The van der Waals surface area contributed by atoms with Gasteiger partial charge in [0, 0.05) is 24.8 Å². The Hall–Kier alpha value is -2.00. The van der Waals surface area contributed by atoms with Crippen molar-refractivity contribution < 1.29 is 9.53 Å². The van der Waals surface area contributed by atoms with E-state index in [1.54, 1.807) is 36.4 Å². The van der Waals surface area contributed by atoms with Crippen LogP contribution < -0.4 is 9.64 Å². The zero-order valence-corrected chi connectivity index (χ0v) is 11.5. The van der Waals surface area contributed by atoms with E-state index in [0.29, 0.717) is 16.3 Å². The molecule has 4 heteroatoms. The van der Waals surface area contributed by atoms with Crippen LogP contribution in [0.1, 0.15) is 10.4 Å². The van der Waals surface area contributed by atoms with Gasteiger partial charge in [0.25, 0.3) is 0 Å². The number of hydrogen-bond acceptors (Lipinski definition) is 3. The zero-order chi connectivity index (χ0) is 13.8. The SMILES string of the molecule is CN(C)c1ccc(C(=O)Oc2cccc(Cl)c2)cc1. The third kappa shape index (κ3) is 3.48. The molecule has 2 aromatic carbocycles. The molecule has 0 fully saturated rings. The Morgan fingerprint density at radius 2 is 1.79 bits per heavy atom. The topological polar surface area (TPSA) is 29.5 Å². The predicted molar refractivity (Wildman–Crippen MR) is 77.2 cm³/mol. The molecule has 0 spiro atoms. The molecule has 19 heavy (non-hydrogen) atoms. The van der Waals surface area contributed by atoms with E-state index in [-0.39, 0.29) is 0 Å². The molecule has 0 radical (unpaired) electrons. The van der Waals surface area contributed by atoms with Crippen molar-refractivity contribution in [1.29, 1.82) is 0 Å². The molecule has 3 nitrogen and oxygen atoms in total. The lowest BCUT2D eigenvalue weighted by Gasteiger charge is -2.12. The van der Waals surface area contributed by atoms with Gasteiger partial charge in [-0.3, -0.25) is 0 Å². The molecule has 0 bridgehead atoms. The van der Waals surface area contributed by atoms with Gasteiger partial charge in [-0.25, -0.2) is 4.79 Å². The van der Waals surface area contributed by atoms with Crippen molar-refractivity contribution in [3.63, 3.8) is 0 Å². The van der Waals surface area contributed by atoms with Crippen LogP contribution in [-0.2, 0) is 0 Å². The number of rotatable bonds is 3. The number of anilines is 1. The summed E-state index contributed by atoms with van der Waals surface area (Å²) in [6, 6.07) is 14.0. The Bertz CT molecular complexity index is 579. The summed E-state index contributed by atoms with van der Waals surface area (Å²) in [6.45, 7) is 0.